The highest BCUT2D eigenvalue weighted by atomic mass is 16.3. The SMILES string of the molecule is C=CCc1ccc(CC=C)c(-c2ccccc2O)c1-c1ccccc1O. The molecule has 3 aromatic carbocycles. The van der Waals surface area contributed by atoms with Crippen LogP contribution in [0.25, 0.3) is 22.3 Å². The zero-order chi connectivity index (χ0) is 18.5. The first-order valence-corrected chi connectivity index (χ1v) is 8.60. The molecule has 0 saturated heterocycles. The molecular weight excluding hydrogens is 320 g/mol. The molecule has 0 heterocycles. The van der Waals surface area contributed by atoms with E-state index in [1.165, 1.54) is 0 Å². The molecule has 2 nitrogen and oxygen atoms in total. The van der Waals surface area contributed by atoms with Gasteiger partial charge in [0, 0.05) is 11.1 Å². The highest BCUT2D eigenvalue weighted by Crippen LogP contribution is 2.44. The molecule has 3 aromatic rings. The predicted octanol–water partition coefficient (Wildman–Crippen LogP) is 5.89. The van der Waals surface area contributed by atoms with Crippen molar-refractivity contribution in [3.05, 3.63) is 97.1 Å². The number of benzene rings is 3. The smallest absolute Gasteiger partial charge is 0.123 e. The van der Waals surface area contributed by atoms with Gasteiger partial charge in [-0.25, -0.2) is 0 Å². The summed E-state index contributed by atoms with van der Waals surface area (Å²) in [4.78, 5) is 0. The van der Waals surface area contributed by atoms with Gasteiger partial charge in [0.05, 0.1) is 0 Å². The summed E-state index contributed by atoms with van der Waals surface area (Å²) in [6.45, 7) is 7.73. The van der Waals surface area contributed by atoms with Gasteiger partial charge in [0.25, 0.3) is 0 Å². The second kappa shape index (κ2) is 7.75. The molecule has 0 aromatic heterocycles. The Bertz CT molecular complexity index is 876. The van der Waals surface area contributed by atoms with E-state index < -0.39 is 0 Å². The van der Waals surface area contributed by atoms with Crippen molar-refractivity contribution in [3.8, 4) is 33.8 Å². The molecule has 0 spiro atoms. The second-order valence-electron chi connectivity index (χ2n) is 6.15. The number of hydrogen-bond acceptors (Lipinski definition) is 2. The molecule has 3 rings (SSSR count). The molecule has 2 N–H and O–H groups in total. The average molecular weight is 342 g/mol. The number of aromatic hydroxyl groups is 2. The Balaban J connectivity index is 2.44. The van der Waals surface area contributed by atoms with E-state index in [4.69, 9.17) is 0 Å². The molecule has 0 aliphatic rings. The molecule has 2 heteroatoms. The molecule has 0 bridgehead atoms. The van der Waals surface area contributed by atoms with Crippen LogP contribution in [0.1, 0.15) is 11.1 Å². The first kappa shape index (κ1) is 17.6. The van der Waals surface area contributed by atoms with Gasteiger partial charge in [0.1, 0.15) is 11.5 Å². The van der Waals surface area contributed by atoms with Crippen LogP contribution in [0, 0.1) is 0 Å². The summed E-state index contributed by atoms with van der Waals surface area (Å²) in [5.41, 5.74) is 5.43. The maximum Gasteiger partial charge on any atom is 0.123 e. The van der Waals surface area contributed by atoms with Crippen molar-refractivity contribution in [2.24, 2.45) is 0 Å². The lowest BCUT2D eigenvalue weighted by Crippen LogP contribution is -1.98. The first-order chi connectivity index (χ1) is 12.7. The second-order valence-corrected chi connectivity index (χ2v) is 6.15. The van der Waals surface area contributed by atoms with Gasteiger partial charge in [-0.15, -0.1) is 13.2 Å². The van der Waals surface area contributed by atoms with Crippen LogP contribution < -0.4 is 0 Å². The standard InChI is InChI=1S/C24H22O2/c1-3-9-17-15-16-18(10-4-2)24(20-12-6-8-14-22(20)26)23(17)19-11-5-7-13-21(19)25/h3-8,11-16,25-26H,1-2,9-10H2. The van der Waals surface area contributed by atoms with Crippen molar-refractivity contribution in [3.63, 3.8) is 0 Å². The molecule has 0 atom stereocenters. The van der Waals surface area contributed by atoms with Crippen molar-refractivity contribution >= 4 is 0 Å². The first-order valence-electron chi connectivity index (χ1n) is 8.60. The topological polar surface area (TPSA) is 40.5 Å². The van der Waals surface area contributed by atoms with Crippen molar-refractivity contribution < 1.29 is 10.2 Å². The van der Waals surface area contributed by atoms with Crippen LogP contribution in [0.3, 0.4) is 0 Å². The quantitative estimate of drug-likeness (QED) is 0.548. The van der Waals surface area contributed by atoms with Gasteiger partial charge in [-0.2, -0.15) is 0 Å². The van der Waals surface area contributed by atoms with E-state index in [0.29, 0.717) is 12.8 Å². The minimum Gasteiger partial charge on any atom is -0.507 e. The van der Waals surface area contributed by atoms with Crippen LogP contribution in [-0.2, 0) is 12.8 Å². The third-order valence-electron chi connectivity index (χ3n) is 4.45. The fourth-order valence-electron chi connectivity index (χ4n) is 3.33. The Morgan fingerprint density at radius 2 is 1.00 bits per heavy atom. The van der Waals surface area contributed by atoms with Gasteiger partial charge in [-0.3, -0.25) is 0 Å². The summed E-state index contributed by atoms with van der Waals surface area (Å²) in [5, 5.41) is 21.0. The molecule has 0 aliphatic carbocycles. The third-order valence-corrected chi connectivity index (χ3v) is 4.45. The highest BCUT2D eigenvalue weighted by molar-refractivity contribution is 5.92. The third kappa shape index (κ3) is 3.27. The molecule has 0 fully saturated rings. The van der Waals surface area contributed by atoms with Gasteiger partial charge in [0.2, 0.25) is 0 Å². The Morgan fingerprint density at radius 1 is 0.615 bits per heavy atom. The van der Waals surface area contributed by atoms with Crippen LogP contribution in [0.5, 0.6) is 11.5 Å². The van der Waals surface area contributed by atoms with Crippen LogP contribution >= 0.6 is 0 Å². The van der Waals surface area contributed by atoms with E-state index in [9.17, 15) is 10.2 Å². The van der Waals surface area contributed by atoms with E-state index in [1.807, 2.05) is 36.4 Å². The monoisotopic (exact) mass is 342 g/mol. The molecular formula is C24H22O2. The van der Waals surface area contributed by atoms with E-state index in [0.717, 1.165) is 33.4 Å². The molecule has 0 saturated carbocycles. The normalized spacial score (nSPS) is 10.5. The van der Waals surface area contributed by atoms with Gasteiger partial charge in [-0.05, 0) is 47.2 Å². The van der Waals surface area contributed by atoms with Crippen molar-refractivity contribution in [2.45, 2.75) is 12.8 Å². The average Bonchev–Trinajstić information content (AvgIpc) is 2.64. The Morgan fingerprint density at radius 3 is 1.35 bits per heavy atom. The summed E-state index contributed by atoms with van der Waals surface area (Å²) in [6.07, 6.45) is 5.03. The molecule has 130 valence electrons. The lowest BCUT2D eigenvalue weighted by atomic mass is 9.84. The van der Waals surface area contributed by atoms with Gasteiger partial charge in [0.15, 0.2) is 0 Å². The summed E-state index contributed by atoms with van der Waals surface area (Å²) >= 11 is 0. The van der Waals surface area contributed by atoms with E-state index >= 15 is 0 Å². The maximum atomic E-state index is 10.5. The Labute approximate surface area is 154 Å². The summed E-state index contributed by atoms with van der Waals surface area (Å²) in [5.74, 6) is 0.426. The fraction of sp³-hybridized carbons (Fsp3) is 0.0833. The minimum absolute atomic E-state index is 0.213. The Hall–Kier alpha value is -3.26. The minimum atomic E-state index is 0.213. The molecule has 26 heavy (non-hydrogen) atoms. The predicted molar refractivity (Wildman–Crippen MR) is 108 cm³/mol. The van der Waals surface area contributed by atoms with Crippen LogP contribution in [0.2, 0.25) is 0 Å². The van der Waals surface area contributed by atoms with Gasteiger partial charge >= 0.3 is 0 Å². The van der Waals surface area contributed by atoms with Gasteiger partial charge in [-0.1, -0.05) is 60.7 Å². The van der Waals surface area contributed by atoms with Crippen molar-refractivity contribution in [1.29, 1.82) is 0 Å². The summed E-state index contributed by atoms with van der Waals surface area (Å²) < 4.78 is 0. The van der Waals surface area contributed by atoms with Crippen molar-refractivity contribution in [1.82, 2.24) is 0 Å². The lowest BCUT2D eigenvalue weighted by Gasteiger charge is -2.20. The molecule has 0 radical (unpaired) electrons. The fourth-order valence-corrected chi connectivity index (χ4v) is 3.33. The zero-order valence-electron chi connectivity index (χ0n) is 14.7. The maximum absolute atomic E-state index is 10.5. The number of rotatable bonds is 6. The Kier molecular flexibility index (Phi) is 5.23. The highest BCUT2D eigenvalue weighted by Gasteiger charge is 2.19. The van der Waals surface area contributed by atoms with Crippen LogP contribution in [0.15, 0.2) is 86.0 Å². The summed E-state index contributed by atoms with van der Waals surface area (Å²) in [6, 6.07) is 18.7. The van der Waals surface area contributed by atoms with E-state index in [2.05, 4.69) is 25.3 Å². The number of phenols is 2. The van der Waals surface area contributed by atoms with Gasteiger partial charge < -0.3 is 10.2 Å². The number of hydrogen-bond donors (Lipinski definition) is 2. The van der Waals surface area contributed by atoms with E-state index in [-0.39, 0.29) is 11.5 Å². The van der Waals surface area contributed by atoms with Crippen molar-refractivity contribution in [2.75, 3.05) is 0 Å². The molecule has 0 amide bonds. The molecule has 0 unspecified atom stereocenters. The summed E-state index contributed by atoms with van der Waals surface area (Å²) in [7, 11) is 0. The molecule has 0 aliphatic heterocycles. The lowest BCUT2D eigenvalue weighted by molar-refractivity contribution is 0.476. The van der Waals surface area contributed by atoms with Crippen LogP contribution in [-0.4, -0.2) is 10.2 Å². The van der Waals surface area contributed by atoms with Crippen LogP contribution in [0.4, 0.5) is 0 Å². The van der Waals surface area contributed by atoms with E-state index in [1.54, 1.807) is 24.3 Å². The largest absolute Gasteiger partial charge is 0.507 e. The number of phenolic OH excluding ortho intramolecular Hbond substituents is 2. The zero-order valence-corrected chi connectivity index (χ0v) is 14.7. The number of allylic oxidation sites excluding steroid dienone is 2. The number of para-hydroxylation sites is 2.